The van der Waals surface area contributed by atoms with Crippen LogP contribution in [0.3, 0.4) is 0 Å². The SMILES string of the molecule is COCCn1cc(NC(=O)c2ccc(-c3cnn(COP(=O)(O)O)c3)o2)c(-c2ccccn2)n1.COCCn1cc(NC(=O)c2ccc(-c3cnn(COP(=O)(O)OC(C)(C)C)c3)o2)c(-c2ccccn2)n1.COCCn1cc(NC(=O)c2ccc(-c3cnn(COP(=O)(OC(C)(C)C)OC(C)(C)C)c3)o2)c(-c2ccccn2)n1. The van der Waals surface area contributed by atoms with Crippen LogP contribution in [0.1, 0.15) is 94.0 Å². The van der Waals surface area contributed by atoms with E-state index < -0.39 is 64.7 Å². The summed E-state index contributed by atoms with van der Waals surface area (Å²) in [7, 11) is -8.01. The lowest BCUT2D eigenvalue weighted by Gasteiger charge is -2.30. The Morgan fingerprint density at radius 2 is 0.728 bits per heavy atom. The number of phosphoric ester groups is 3. The lowest BCUT2D eigenvalue weighted by atomic mass is 10.2. The number of nitrogens with one attached hydrogen (secondary N) is 3. The van der Waals surface area contributed by atoms with Crippen molar-refractivity contribution in [3.63, 3.8) is 0 Å². The average molecular weight is 1630 g/mol. The van der Waals surface area contributed by atoms with Gasteiger partial charge in [0.2, 0.25) is 0 Å². The van der Waals surface area contributed by atoms with Crippen LogP contribution < -0.4 is 16.0 Å². The Labute approximate surface area is 653 Å². The van der Waals surface area contributed by atoms with Gasteiger partial charge >= 0.3 is 23.5 Å². The van der Waals surface area contributed by atoms with Crippen molar-refractivity contribution in [1.82, 2.24) is 73.6 Å². The molecule has 1 atom stereocenters. The Kier molecular flexibility index (Phi) is 28.4. The number of aromatic nitrogens is 15. The molecule has 0 bridgehead atoms. The number of hydrogen-bond donors (Lipinski definition) is 6. The smallest absolute Gasteiger partial charge is 0.451 e. The first-order chi connectivity index (χ1) is 54.1. The number of methoxy groups -OCH3 is 3. The molecule has 0 aliphatic rings. The molecule has 3 amide bonds. The summed E-state index contributed by atoms with van der Waals surface area (Å²) < 4.78 is 109. The van der Waals surface area contributed by atoms with Crippen LogP contribution >= 0.6 is 23.5 Å². The summed E-state index contributed by atoms with van der Waals surface area (Å²) in [5, 5.41) is 34.4. The molecule has 1 unspecified atom stereocenters. The number of carbonyl (C=O) groups is 3. The van der Waals surface area contributed by atoms with Crippen LogP contribution in [0.2, 0.25) is 0 Å². The second-order valence-corrected chi connectivity index (χ2v) is 31.7. The van der Waals surface area contributed by atoms with Gasteiger partial charge in [0.15, 0.2) is 37.5 Å². The molecule has 0 spiro atoms. The number of nitrogens with zero attached hydrogens (tertiary/aromatic N) is 15. The molecular formula is C72H87N18O21P3. The molecule has 0 aliphatic carbocycles. The van der Waals surface area contributed by atoms with E-state index >= 15 is 0 Å². The largest absolute Gasteiger partial charge is 0.477 e. The molecule has 0 aliphatic heterocycles. The molecular weight excluding hydrogens is 1550 g/mol. The van der Waals surface area contributed by atoms with Gasteiger partial charge in [0.05, 0.1) is 126 Å². The van der Waals surface area contributed by atoms with Crippen molar-refractivity contribution in [2.45, 2.75) is 119 Å². The van der Waals surface area contributed by atoms with Crippen LogP contribution in [0.5, 0.6) is 0 Å². The topological polar surface area (TPSA) is 467 Å². The predicted molar refractivity (Wildman–Crippen MR) is 411 cm³/mol. The maximum atomic E-state index is 13.3. The van der Waals surface area contributed by atoms with Crippen LogP contribution in [-0.2, 0) is 94.9 Å². The van der Waals surface area contributed by atoms with Gasteiger partial charge in [-0.2, -0.15) is 30.6 Å². The summed E-state index contributed by atoms with van der Waals surface area (Å²) >= 11 is 0. The predicted octanol–water partition coefficient (Wildman–Crippen LogP) is 12.6. The molecule has 114 heavy (non-hydrogen) atoms. The van der Waals surface area contributed by atoms with Crippen molar-refractivity contribution in [2.75, 3.05) is 57.1 Å². The van der Waals surface area contributed by atoms with E-state index in [-0.39, 0.29) is 30.7 Å². The van der Waals surface area contributed by atoms with Gasteiger partial charge in [0, 0.05) is 77.1 Å². The first-order valence-electron chi connectivity index (χ1n) is 34.9. The highest BCUT2D eigenvalue weighted by Gasteiger charge is 2.38. The van der Waals surface area contributed by atoms with Crippen molar-refractivity contribution < 1.29 is 97.4 Å². The average Bonchev–Trinajstić information content (AvgIpc) is 1.64. The van der Waals surface area contributed by atoms with Crippen LogP contribution in [0, 0.1) is 0 Å². The highest BCUT2D eigenvalue weighted by Crippen LogP contribution is 2.56. The van der Waals surface area contributed by atoms with E-state index in [0.29, 0.717) is 125 Å². The Morgan fingerprint density at radius 1 is 0.412 bits per heavy atom. The third-order valence-electron chi connectivity index (χ3n) is 14.8. The van der Waals surface area contributed by atoms with Crippen molar-refractivity contribution in [3.8, 4) is 68.1 Å². The van der Waals surface area contributed by atoms with Crippen molar-refractivity contribution >= 4 is 58.3 Å². The first-order valence-corrected chi connectivity index (χ1v) is 39.4. The number of phosphoric acid groups is 3. The number of anilines is 3. The van der Waals surface area contributed by atoms with Gasteiger partial charge in [-0.05, 0) is 135 Å². The minimum atomic E-state index is -4.62. The maximum Gasteiger partial charge on any atom is 0.477 e. The second-order valence-electron chi connectivity index (χ2n) is 27.5. The molecule has 0 saturated heterocycles. The van der Waals surface area contributed by atoms with Crippen molar-refractivity contribution in [2.24, 2.45) is 0 Å². The Bertz CT molecular complexity index is 5270. The minimum absolute atomic E-state index is 0.0471. The van der Waals surface area contributed by atoms with Crippen molar-refractivity contribution in [3.05, 3.63) is 183 Å². The maximum absolute atomic E-state index is 13.3. The molecule has 0 fully saturated rings. The number of furan rings is 3. The zero-order valence-electron chi connectivity index (χ0n) is 64.2. The molecule has 12 aromatic rings. The number of amides is 3. The van der Waals surface area contributed by atoms with Gasteiger partial charge in [-0.15, -0.1) is 0 Å². The summed E-state index contributed by atoms with van der Waals surface area (Å²) in [5.41, 5.74) is 4.01. The Hall–Kier alpha value is -10.8. The van der Waals surface area contributed by atoms with E-state index in [1.807, 2.05) is 24.3 Å². The summed E-state index contributed by atoms with van der Waals surface area (Å²) in [4.78, 5) is 79.4. The van der Waals surface area contributed by atoms with Crippen molar-refractivity contribution in [1.29, 1.82) is 0 Å². The molecule has 0 saturated carbocycles. The standard InChI is InChI=1S/C28H37N6O7P.C24H29N6O7P.C20H21N6O7P/c1-27(2,3)40-42(36,41-28(4,5)6)38-19-34-17-20(16-30-34)23-11-12-24(39-23)26(35)31-22-18-33(14-15-37-7)32-25(22)21-10-8-9-13-29-21;1-24(2,3)37-38(32,33)35-16-30-14-17(13-26-30)20-8-9-21(36-20)23(31)27-19-15-29(11-12-34-4)28-22(19)18-7-5-6-10-25-18;1-31-9-8-25-12-16(19(24-25)15-4-2-3-7-21-15)23-20(27)18-6-5-17(33-18)14-10-22-26(11-14)13-32-34(28,29)30/h8-13,16-18H,14-15,19H2,1-7H3,(H,31,35);5-10,13-15H,11-12,16H2,1-4H3,(H,27,31)(H,32,33);2-7,10-12H,8-9,13H2,1H3,(H,23,27)(H2,28,29,30). The molecule has 12 rings (SSSR count). The number of carbonyl (C=O) groups excluding carboxylic acids is 3. The fourth-order valence-corrected chi connectivity index (χ4v) is 13.1. The van der Waals surface area contributed by atoms with Gasteiger partial charge in [-0.25, -0.2) is 27.7 Å². The number of pyridine rings is 3. The molecule has 42 heteroatoms. The van der Waals surface area contributed by atoms with Gasteiger partial charge in [-0.3, -0.25) is 70.5 Å². The lowest BCUT2D eigenvalue weighted by Crippen LogP contribution is -2.25. The van der Waals surface area contributed by atoms with E-state index in [1.54, 1.807) is 208 Å². The van der Waals surface area contributed by atoms with E-state index in [4.69, 9.17) is 59.9 Å². The number of hydrogen-bond acceptors (Lipinski definition) is 27. The summed E-state index contributed by atoms with van der Waals surface area (Å²) in [6, 6.07) is 25.8. The van der Waals surface area contributed by atoms with Gasteiger partial charge in [-0.1, -0.05) is 18.2 Å². The fourth-order valence-electron chi connectivity index (χ4n) is 10.1. The second kappa shape index (κ2) is 37.9. The van der Waals surface area contributed by atoms with E-state index in [9.17, 15) is 33.0 Å². The van der Waals surface area contributed by atoms with Crippen LogP contribution in [-0.4, -0.2) is 164 Å². The number of ether oxygens (including phenoxy) is 3. The van der Waals surface area contributed by atoms with Crippen LogP contribution in [0.4, 0.5) is 17.1 Å². The monoisotopic (exact) mass is 1630 g/mol. The summed E-state index contributed by atoms with van der Waals surface area (Å²) in [6.45, 7) is 17.4. The van der Waals surface area contributed by atoms with Crippen LogP contribution in [0.15, 0.2) is 179 Å². The lowest BCUT2D eigenvalue weighted by molar-refractivity contribution is -0.00768. The minimum Gasteiger partial charge on any atom is -0.451 e. The third-order valence-corrected chi connectivity index (χ3v) is 18.4. The van der Waals surface area contributed by atoms with Gasteiger partial charge < -0.3 is 58.1 Å². The zero-order valence-corrected chi connectivity index (χ0v) is 66.9. The molecule has 606 valence electrons. The highest BCUT2D eigenvalue weighted by molar-refractivity contribution is 7.48. The molecule has 12 heterocycles. The van der Waals surface area contributed by atoms with E-state index in [0.717, 1.165) is 0 Å². The van der Waals surface area contributed by atoms with Gasteiger partial charge in [0.25, 0.3) is 17.7 Å². The van der Waals surface area contributed by atoms with E-state index in [2.05, 4.69) is 66.0 Å². The molecule has 0 aromatic carbocycles. The zero-order chi connectivity index (χ0) is 82.0. The number of rotatable bonds is 33. The third kappa shape index (κ3) is 25.6. The molecule has 6 N–H and O–H groups in total. The fraction of sp³-hybridized carbons (Fsp3) is 0.333. The summed E-state index contributed by atoms with van der Waals surface area (Å²) in [5.74, 6) is -0.0964. The van der Waals surface area contributed by atoms with E-state index in [1.165, 1.54) is 44.8 Å². The van der Waals surface area contributed by atoms with Gasteiger partial charge in [0.1, 0.15) is 34.4 Å². The molecule has 0 radical (unpaired) electrons. The summed E-state index contributed by atoms with van der Waals surface area (Å²) in [6.07, 6.45) is 19.2. The Morgan fingerprint density at radius 3 is 1.02 bits per heavy atom. The quantitative estimate of drug-likeness (QED) is 0.0208. The molecule has 12 aromatic heterocycles. The van der Waals surface area contributed by atoms with Crippen LogP contribution in [0.25, 0.3) is 68.1 Å². The normalized spacial score (nSPS) is 12.6. The Balaban J connectivity index is 0.000000182. The highest BCUT2D eigenvalue weighted by atomic mass is 31.2. The first kappa shape index (κ1) is 85.6. The molecule has 39 nitrogen and oxygen atoms in total.